The molecular weight excluding hydrogens is 376 g/mol. The highest BCUT2D eigenvalue weighted by Gasteiger charge is 2.22. The Labute approximate surface area is 163 Å². The molecule has 4 rings (SSSR count). The molecule has 4 aromatic rings. The number of para-hydroxylation sites is 1. The van der Waals surface area contributed by atoms with Crippen LogP contribution in [0.4, 0.5) is 0 Å². The van der Waals surface area contributed by atoms with Crippen molar-refractivity contribution in [3.8, 4) is 17.4 Å². The van der Waals surface area contributed by atoms with Crippen molar-refractivity contribution in [2.75, 3.05) is 0 Å². The second-order valence-corrected chi connectivity index (χ2v) is 6.87. The molecule has 1 aromatic carbocycles. The van der Waals surface area contributed by atoms with E-state index in [0.29, 0.717) is 21.4 Å². The largest absolute Gasteiger partial charge is 0.297 e. The quantitative estimate of drug-likeness (QED) is 0.523. The number of benzene rings is 1. The van der Waals surface area contributed by atoms with Crippen LogP contribution in [0.15, 0.2) is 63.6 Å². The van der Waals surface area contributed by atoms with Gasteiger partial charge in [-0.05, 0) is 53.4 Å². The van der Waals surface area contributed by atoms with Gasteiger partial charge in [0.15, 0.2) is 5.69 Å². The Bertz CT molecular complexity index is 1230. The smallest absolute Gasteiger partial charge is 0.283 e. The van der Waals surface area contributed by atoms with E-state index in [2.05, 4.69) is 20.5 Å². The minimum atomic E-state index is -0.229. The van der Waals surface area contributed by atoms with Crippen molar-refractivity contribution < 1.29 is 0 Å². The SMILES string of the molecule is Cc1c(-n2nnnc2Sc2ccc(C#N)cn2)c(=O)n(-c2ccccc2)n1C. The van der Waals surface area contributed by atoms with Crippen LogP contribution in [0.25, 0.3) is 11.4 Å². The number of tetrazole rings is 1. The van der Waals surface area contributed by atoms with Crippen LogP contribution in [0.5, 0.6) is 0 Å². The molecule has 138 valence electrons. The average Bonchev–Trinajstić information content (AvgIpc) is 3.25. The molecular formula is C18H14N8OS. The second kappa shape index (κ2) is 7.13. The molecule has 0 aliphatic carbocycles. The molecule has 0 N–H and O–H groups in total. The third-order valence-electron chi connectivity index (χ3n) is 4.24. The fraction of sp³-hybridized carbons (Fsp3) is 0.111. The van der Waals surface area contributed by atoms with E-state index in [1.54, 1.807) is 21.5 Å². The van der Waals surface area contributed by atoms with Gasteiger partial charge in [-0.2, -0.15) is 9.94 Å². The topological polar surface area (TPSA) is 107 Å². The molecule has 0 aliphatic rings. The first-order chi connectivity index (χ1) is 13.6. The zero-order valence-corrected chi connectivity index (χ0v) is 15.8. The zero-order chi connectivity index (χ0) is 19.7. The molecule has 0 spiro atoms. The van der Waals surface area contributed by atoms with Crippen molar-refractivity contribution in [3.05, 3.63) is 70.3 Å². The van der Waals surface area contributed by atoms with Crippen LogP contribution in [0.1, 0.15) is 11.3 Å². The summed E-state index contributed by atoms with van der Waals surface area (Å²) in [6.45, 7) is 1.84. The highest BCUT2D eigenvalue weighted by molar-refractivity contribution is 7.99. The van der Waals surface area contributed by atoms with Crippen molar-refractivity contribution in [1.82, 2.24) is 34.6 Å². The summed E-state index contributed by atoms with van der Waals surface area (Å²) in [4.78, 5) is 17.4. The Hall–Kier alpha value is -3.71. The number of pyridine rings is 1. The highest BCUT2D eigenvalue weighted by Crippen LogP contribution is 2.25. The maximum Gasteiger partial charge on any atom is 0.297 e. The summed E-state index contributed by atoms with van der Waals surface area (Å²) in [7, 11) is 1.81. The minimum Gasteiger partial charge on any atom is -0.283 e. The number of hydrogen-bond donors (Lipinski definition) is 0. The van der Waals surface area contributed by atoms with Crippen LogP contribution in [0.2, 0.25) is 0 Å². The Morgan fingerprint density at radius 3 is 2.61 bits per heavy atom. The van der Waals surface area contributed by atoms with E-state index in [-0.39, 0.29) is 5.56 Å². The third kappa shape index (κ3) is 2.97. The van der Waals surface area contributed by atoms with E-state index in [9.17, 15) is 4.79 Å². The van der Waals surface area contributed by atoms with Crippen molar-refractivity contribution in [3.63, 3.8) is 0 Å². The van der Waals surface area contributed by atoms with E-state index in [1.807, 2.05) is 50.4 Å². The lowest BCUT2D eigenvalue weighted by molar-refractivity contribution is 0.630. The summed E-state index contributed by atoms with van der Waals surface area (Å²) in [5.74, 6) is 0. The molecule has 3 aromatic heterocycles. The van der Waals surface area contributed by atoms with Gasteiger partial charge in [-0.1, -0.05) is 18.2 Å². The van der Waals surface area contributed by atoms with Gasteiger partial charge in [-0.3, -0.25) is 9.48 Å². The van der Waals surface area contributed by atoms with Crippen LogP contribution in [0.3, 0.4) is 0 Å². The predicted molar refractivity (Wildman–Crippen MR) is 102 cm³/mol. The number of hydrogen-bond acceptors (Lipinski definition) is 7. The first-order valence-electron chi connectivity index (χ1n) is 8.27. The van der Waals surface area contributed by atoms with Crippen LogP contribution < -0.4 is 5.56 Å². The van der Waals surface area contributed by atoms with E-state index >= 15 is 0 Å². The molecule has 0 saturated heterocycles. The van der Waals surface area contributed by atoms with Gasteiger partial charge in [0.1, 0.15) is 11.1 Å². The first-order valence-corrected chi connectivity index (χ1v) is 9.08. The molecule has 9 nitrogen and oxygen atoms in total. The van der Waals surface area contributed by atoms with Crippen molar-refractivity contribution >= 4 is 11.8 Å². The summed E-state index contributed by atoms with van der Waals surface area (Å²) in [5.41, 5.74) is 2.07. The molecule has 0 unspecified atom stereocenters. The highest BCUT2D eigenvalue weighted by atomic mass is 32.2. The Morgan fingerprint density at radius 1 is 1.14 bits per heavy atom. The number of rotatable bonds is 4. The molecule has 28 heavy (non-hydrogen) atoms. The van der Waals surface area contributed by atoms with Crippen molar-refractivity contribution in [1.29, 1.82) is 5.26 Å². The van der Waals surface area contributed by atoms with Crippen molar-refractivity contribution in [2.24, 2.45) is 7.05 Å². The molecule has 0 atom stereocenters. The third-order valence-corrected chi connectivity index (χ3v) is 5.13. The minimum absolute atomic E-state index is 0.229. The van der Waals surface area contributed by atoms with E-state index in [0.717, 1.165) is 11.4 Å². The molecule has 0 saturated carbocycles. The Morgan fingerprint density at radius 2 is 1.93 bits per heavy atom. The fourth-order valence-corrected chi connectivity index (χ4v) is 3.50. The molecule has 0 aliphatic heterocycles. The summed E-state index contributed by atoms with van der Waals surface area (Å²) in [5, 5.41) is 21.7. The molecule has 0 radical (unpaired) electrons. The van der Waals surface area contributed by atoms with E-state index in [4.69, 9.17) is 5.26 Å². The normalized spacial score (nSPS) is 10.8. The van der Waals surface area contributed by atoms with E-state index in [1.165, 1.54) is 22.6 Å². The maximum absolute atomic E-state index is 13.2. The van der Waals surface area contributed by atoms with Crippen LogP contribution in [0, 0.1) is 18.3 Å². The molecule has 10 heteroatoms. The maximum atomic E-state index is 13.2. The lowest BCUT2D eigenvalue weighted by atomic mass is 10.3. The molecule has 0 bridgehead atoms. The van der Waals surface area contributed by atoms with Gasteiger partial charge < -0.3 is 0 Å². The van der Waals surface area contributed by atoms with Gasteiger partial charge in [0.25, 0.3) is 5.56 Å². The van der Waals surface area contributed by atoms with Gasteiger partial charge in [0, 0.05) is 13.2 Å². The second-order valence-electron chi connectivity index (χ2n) is 5.88. The lowest BCUT2D eigenvalue weighted by Gasteiger charge is -2.07. The van der Waals surface area contributed by atoms with Gasteiger partial charge in [0.05, 0.1) is 16.9 Å². The number of nitriles is 1. The van der Waals surface area contributed by atoms with Gasteiger partial charge in [-0.15, -0.1) is 5.10 Å². The van der Waals surface area contributed by atoms with Gasteiger partial charge >= 0.3 is 0 Å². The first kappa shape index (κ1) is 17.7. The molecule has 0 fully saturated rings. The summed E-state index contributed by atoms with van der Waals surface area (Å²) in [6.07, 6.45) is 1.48. The van der Waals surface area contributed by atoms with Crippen LogP contribution in [-0.2, 0) is 7.05 Å². The number of nitrogens with zero attached hydrogens (tertiary/aromatic N) is 8. The van der Waals surface area contributed by atoms with E-state index < -0.39 is 0 Å². The van der Waals surface area contributed by atoms with Crippen LogP contribution in [-0.4, -0.2) is 34.6 Å². The predicted octanol–water partition coefficient (Wildman–Crippen LogP) is 1.88. The van der Waals surface area contributed by atoms with Gasteiger partial charge in [-0.25, -0.2) is 9.67 Å². The van der Waals surface area contributed by atoms with Crippen molar-refractivity contribution in [2.45, 2.75) is 17.1 Å². The Kier molecular flexibility index (Phi) is 4.50. The summed E-state index contributed by atoms with van der Waals surface area (Å²) >= 11 is 1.21. The Balaban J connectivity index is 1.78. The summed E-state index contributed by atoms with van der Waals surface area (Å²) in [6, 6.07) is 14.8. The zero-order valence-electron chi connectivity index (χ0n) is 15.0. The van der Waals surface area contributed by atoms with Gasteiger partial charge in [0.2, 0.25) is 5.16 Å². The number of aromatic nitrogens is 7. The fourth-order valence-electron chi connectivity index (χ4n) is 2.78. The molecule has 3 heterocycles. The molecule has 0 amide bonds. The monoisotopic (exact) mass is 390 g/mol. The average molecular weight is 390 g/mol. The summed E-state index contributed by atoms with van der Waals surface area (Å²) < 4.78 is 4.76. The van der Waals surface area contributed by atoms with Crippen LogP contribution >= 0.6 is 11.8 Å². The standard InChI is InChI=1S/C18H14N8OS/c1-12-16(17(27)26(24(12)2)14-6-4-3-5-7-14)25-18(21-22-23-25)28-15-9-8-13(10-19)11-20-15/h3-9,11H,1-2H3. The lowest BCUT2D eigenvalue weighted by Crippen LogP contribution is -2.21.